The van der Waals surface area contributed by atoms with Gasteiger partial charge in [-0.2, -0.15) is 0 Å². The molecule has 2 N–H and O–H groups in total. The Balaban J connectivity index is 2.22. The van der Waals surface area contributed by atoms with Gasteiger partial charge in [0, 0.05) is 23.1 Å². The highest BCUT2D eigenvalue weighted by atomic mass is 16.2. The Morgan fingerprint density at radius 3 is 2.50 bits per heavy atom. The molecule has 1 aromatic heterocycles. The maximum Gasteiger partial charge on any atom is 0.270 e. The van der Waals surface area contributed by atoms with E-state index in [2.05, 4.69) is 47.7 Å². The molecule has 2 aromatic rings. The summed E-state index contributed by atoms with van der Waals surface area (Å²) < 4.78 is 0. The van der Waals surface area contributed by atoms with Gasteiger partial charge in [-0.15, -0.1) is 0 Å². The molecule has 0 saturated carbocycles. The van der Waals surface area contributed by atoms with Crippen molar-refractivity contribution in [2.24, 2.45) is 0 Å². The SMILES string of the molecule is Cc1ccc(C)c(Nc2ccnc(C(=O)NC(C)(C)C)c2)c1. The van der Waals surface area contributed by atoms with Gasteiger partial charge < -0.3 is 10.6 Å². The summed E-state index contributed by atoms with van der Waals surface area (Å²) >= 11 is 0. The summed E-state index contributed by atoms with van der Waals surface area (Å²) in [5.74, 6) is -0.169. The third-order valence-electron chi connectivity index (χ3n) is 3.15. The molecule has 0 fully saturated rings. The van der Waals surface area contributed by atoms with Crippen LogP contribution in [0.5, 0.6) is 0 Å². The fourth-order valence-electron chi connectivity index (χ4n) is 2.06. The number of nitrogens with zero attached hydrogens (tertiary/aromatic N) is 1. The van der Waals surface area contributed by atoms with E-state index in [1.807, 2.05) is 26.8 Å². The second-order valence-corrected chi connectivity index (χ2v) is 6.58. The maximum atomic E-state index is 12.2. The Morgan fingerprint density at radius 2 is 1.82 bits per heavy atom. The molecule has 116 valence electrons. The minimum absolute atomic E-state index is 0.169. The minimum Gasteiger partial charge on any atom is -0.355 e. The molecule has 0 aliphatic heterocycles. The Morgan fingerprint density at radius 1 is 1.09 bits per heavy atom. The Bertz CT molecular complexity index is 687. The average Bonchev–Trinajstić information content (AvgIpc) is 2.41. The van der Waals surface area contributed by atoms with Crippen LogP contribution in [0.3, 0.4) is 0 Å². The topological polar surface area (TPSA) is 54.0 Å². The fraction of sp³-hybridized carbons (Fsp3) is 0.333. The van der Waals surface area contributed by atoms with Crippen molar-refractivity contribution in [3.05, 3.63) is 53.3 Å². The van der Waals surface area contributed by atoms with Crippen LogP contribution in [-0.4, -0.2) is 16.4 Å². The lowest BCUT2D eigenvalue weighted by Crippen LogP contribution is -2.40. The number of aromatic nitrogens is 1. The van der Waals surface area contributed by atoms with Crippen LogP contribution in [0.1, 0.15) is 42.4 Å². The summed E-state index contributed by atoms with van der Waals surface area (Å²) in [5, 5.41) is 6.27. The lowest BCUT2D eigenvalue weighted by Gasteiger charge is -2.20. The molecule has 4 nitrogen and oxygen atoms in total. The van der Waals surface area contributed by atoms with E-state index in [0.29, 0.717) is 5.69 Å². The monoisotopic (exact) mass is 297 g/mol. The predicted octanol–water partition coefficient (Wildman–Crippen LogP) is 3.97. The van der Waals surface area contributed by atoms with Gasteiger partial charge in [0.25, 0.3) is 5.91 Å². The van der Waals surface area contributed by atoms with E-state index < -0.39 is 0 Å². The molecular weight excluding hydrogens is 274 g/mol. The number of rotatable bonds is 3. The molecule has 0 radical (unpaired) electrons. The van der Waals surface area contributed by atoms with Crippen molar-refractivity contribution in [1.82, 2.24) is 10.3 Å². The first-order valence-electron chi connectivity index (χ1n) is 7.37. The first-order valence-corrected chi connectivity index (χ1v) is 7.37. The van der Waals surface area contributed by atoms with Crippen LogP contribution >= 0.6 is 0 Å². The molecule has 4 heteroatoms. The van der Waals surface area contributed by atoms with Crippen LogP contribution in [-0.2, 0) is 0 Å². The average molecular weight is 297 g/mol. The van der Waals surface area contributed by atoms with Gasteiger partial charge in [-0.3, -0.25) is 9.78 Å². The number of carbonyl (C=O) groups excluding carboxylic acids is 1. The maximum absolute atomic E-state index is 12.2. The summed E-state index contributed by atoms with van der Waals surface area (Å²) in [6, 6.07) is 9.87. The molecule has 0 bridgehead atoms. The van der Waals surface area contributed by atoms with E-state index in [-0.39, 0.29) is 11.4 Å². The van der Waals surface area contributed by atoms with Gasteiger partial charge in [0.15, 0.2) is 0 Å². The summed E-state index contributed by atoms with van der Waals surface area (Å²) in [7, 11) is 0. The Hall–Kier alpha value is -2.36. The van der Waals surface area contributed by atoms with Gasteiger partial charge in [-0.1, -0.05) is 12.1 Å². The number of anilines is 2. The molecule has 0 saturated heterocycles. The number of amides is 1. The molecule has 0 aliphatic rings. The zero-order valence-electron chi connectivity index (χ0n) is 13.8. The van der Waals surface area contributed by atoms with Crippen LogP contribution in [0.4, 0.5) is 11.4 Å². The number of aryl methyl sites for hydroxylation is 2. The van der Waals surface area contributed by atoms with E-state index in [1.54, 1.807) is 12.3 Å². The second kappa shape index (κ2) is 6.18. The van der Waals surface area contributed by atoms with Gasteiger partial charge in [-0.05, 0) is 63.9 Å². The summed E-state index contributed by atoms with van der Waals surface area (Å²) in [4.78, 5) is 16.3. The Labute approximate surface area is 132 Å². The van der Waals surface area contributed by atoms with Crippen molar-refractivity contribution in [2.75, 3.05) is 5.32 Å². The van der Waals surface area contributed by atoms with E-state index >= 15 is 0 Å². The number of carbonyl (C=O) groups is 1. The number of nitrogens with one attached hydrogen (secondary N) is 2. The first kappa shape index (κ1) is 16.0. The molecule has 1 heterocycles. The van der Waals surface area contributed by atoms with Crippen molar-refractivity contribution < 1.29 is 4.79 Å². The molecule has 1 aromatic carbocycles. The third kappa shape index (κ3) is 4.32. The number of hydrogen-bond donors (Lipinski definition) is 2. The zero-order chi connectivity index (χ0) is 16.3. The molecule has 0 atom stereocenters. The predicted molar refractivity (Wildman–Crippen MR) is 90.7 cm³/mol. The molecule has 2 rings (SSSR count). The van der Waals surface area contributed by atoms with Crippen LogP contribution in [0.25, 0.3) is 0 Å². The molecule has 0 spiro atoms. The van der Waals surface area contributed by atoms with Gasteiger partial charge in [-0.25, -0.2) is 0 Å². The van der Waals surface area contributed by atoms with Crippen LogP contribution in [0, 0.1) is 13.8 Å². The van der Waals surface area contributed by atoms with Gasteiger partial charge >= 0.3 is 0 Å². The molecular formula is C18H23N3O. The highest BCUT2D eigenvalue weighted by Crippen LogP contribution is 2.22. The number of benzene rings is 1. The first-order chi connectivity index (χ1) is 10.2. The van der Waals surface area contributed by atoms with E-state index in [4.69, 9.17) is 0 Å². The number of hydrogen-bond acceptors (Lipinski definition) is 3. The summed E-state index contributed by atoms with van der Waals surface area (Å²) in [6.07, 6.45) is 1.64. The fourth-order valence-corrected chi connectivity index (χ4v) is 2.06. The van der Waals surface area contributed by atoms with Crippen molar-refractivity contribution in [2.45, 2.75) is 40.2 Å². The van der Waals surface area contributed by atoms with Crippen LogP contribution in [0.2, 0.25) is 0 Å². The molecule has 0 unspecified atom stereocenters. The van der Waals surface area contributed by atoms with Gasteiger partial charge in [0.2, 0.25) is 0 Å². The highest BCUT2D eigenvalue weighted by molar-refractivity contribution is 5.93. The summed E-state index contributed by atoms with van der Waals surface area (Å²) in [6.45, 7) is 9.95. The lowest BCUT2D eigenvalue weighted by molar-refractivity contribution is 0.0914. The van der Waals surface area contributed by atoms with Gasteiger partial charge in [0.05, 0.1) is 0 Å². The minimum atomic E-state index is -0.282. The lowest BCUT2D eigenvalue weighted by atomic mass is 10.1. The quantitative estimate of drug-likeness (QED) is 0.901. The largest absolute Gasteiger partial charge is 0.355 e. The van der Waals surface area contributed by atoms with Crippen LogP contribution in [0.15, 0.2) is 36.5 Å². The normalized spacial score (nSPS) is 11.1. The van der Waals surface area contributed by atoms with Crippen LogP contribution < -0.4 is 10.6 Å². The van der Waals surface area contributed by atoms with E-state index in [1.165, 1.54) is 5.56 Å². The zero-order valence-corrected chi connectivity index (χ0v) is 13.8. The van der Waals surface area contributed by atoms with E-state index in [0.717, 1.165) is 16.9 Å². The highest BCUT2D eigenvalue weighted by Gasteiger charge is 2.16. The molecule has 1 amide bonds. The van der Waals surface area contributed by atoms with Crippen molar-refractivity contribution in [3.8, 4) is 0 Å². The second-order valence-electron chi connectivity index (χ2n) is 6.58. The standard InChI is InChI=1S/C18H23N3O/c1-12-6-7-13(2)15(10-12)20-14-8-9-19-16(11-14)17(22)21-18(3,4)5/h6-11H,1-5H3,(H,19,20)(H,21,22). The molecule has 0 aliphatic carbocycles. The van der Waals surface area contributed by atoms with E-state index in [9.17, 15) is 4.79 Å². The van der Waals surface area contributed by atoms with Gasteiger partial charge in [0.1, 0.15) is 5.69 Å². The third-order valence-corrected chi connectivity index (χ3v) is 3.15. The Kier molecular flexibility index (Phi) is 4.50. The van der Waals surface area contributed by atoms with Crippen molar-refractivity contribution >= 4 is 17.3 Å². The number of pyridine rings is 1. The smallest absolute Gasteiger partial charge is 0.270 e. The van der Waals surface area contributed by atoms with Crippen molar-refractivity contribution in [3.63, 3.8) is 0 Å². The van der Waals surface area contributed by atoms with Crippen molar-refractivity contribution in [1.29, 1.82) is 0 Å². The summed E-state index contributed by atoms with van der Waals surface area (Å²) in [5.41, 5.74) is 4.35. The molecule has 22 heavy (non-hydrogen) atoms.